The van der Waals surface area contributed by atoms with Crippen LogP contribution in [0.2, 0.25) is 0 Å². The first-order valence-corrected chi connectivity index (χ1v) is 10.5. The Balaban J connectivity index is 1.48. The number of carbonyl (C=O) groups is 1. The van der Waals surface area contributed by atoms with Crippen molar-refractivity contribution in [3.63, 3.8) is 0 Å². The average molecular weight is 438 g/mol. The first-order valence-electron chi connectivity index (χ1n) is 10.5. The molecule has 0 radical (unpaired) electrons. The van der Waals surface area contributed by atoms with Crippen molar-refractivity contribution in [2.75, 3.05) is 27.3 Å². The minimum atomic E-state index is -0.123. The fourth-order valence-corrected chi connectivity index (χ4v) is 3.89. The summed E-state index contributed by atoms with van der Waals surface area (Å²) in [4.78, 5) is 23.6. The van der Waals surface area contributed by atoms with Crippen LogP contribution in [-0.2, 0) is 0 Å². The highest BCUT2D eigenvalue weighted by atomic mass is 16.5. The summed E-state index contributed by atoms with van der Waals surface area (Å²) >= 11 is 0. The molecule has 9 heteroatoms. The Labute approximate surface area is 186 Å². The lowest BCUT2D eigenvalue weighted by Crippen LogP contribution is -2.44. The minimum absolute atomic E-state index is 0.117. The number of rotatable bonds is 6. The van der Waals surface area contributed by atoms with E-state index in [2.05, 4.69) is 20.2 Å². The van der Waals surface area contributed by atoms with Crippen LogP contribution in [0.1, 0.15) is 34.8 Å². The number of piperidine rings is 1. The molecule has 4 rings (SSSR count). The van der Waals surface area contributed by atoms with Crippen molar-refractivity contribution in [1.82, 2.24) is 25.1 Å². The van der Waals surface area contributed by atoms with Gasteiger partial charge < -0.3 is 19.1 Å². The van der Waals surface area contributed by atoms with Gasteiger partial charge in [-0.3, -0.25) is 9.89 Å². The summed E-state index contributed by atoms with van der Waals surface area (Å²) in [5.74, 6) is 2.43. The number of H-pyrrole nitrogens is 1. The predicted molar refractivity (Wildman–Crippen MR) is 118 cm³/mol. The zero-order valence-electron chi connectivity index (χ0n) is 18.7. The van der Waals surface area contributed by atoms with Gasteiger partial charge in [0.2, 0.25) is 5.88 Å². The van der Waals surface area contributed by atoms with Gasteiger partial charge in [0.05, 0.1) is 26.5 Å². The predicted octanol–water partition coefficient (Wildman–Crippen LogP) is 3.18. The van der Waals surface area contributed by atoms with Crippen molar-refractivity contribution in [1.29, 1.82) is 0 Å². The lowest BCUT2D eigenvalue weighted by atomic mass is 10.1. The molecular weight excluding hydrogens is 410 g/mol. The van der Waals surface area contributed by atoms with Gasteiger partial charge in [0.25, 0.3) is 5.91 Å². The van der Waals surface area contributed by atoms with Crippen molar-refractivity contribution in [3.8, 4) is 28.6 Å². The number of nitrogens with one attached hydrogen (secondary N) is 1. The van der Waals surface area contributed by atoms with Gasteiger partial charge in [0.15, 0.2) is 0 Å². The van der Waals surface area contributed by atoms with E-state index in [9.17, 15) is 4.79 Å². The van der Waals surface area contributed by atoms with E-state index >= 15 is 0 Å². The number of aryl methyl sites for hydroxylation is 2. The fourth-order valence-electron chi connectivity index (χ4n) is 3.89. The number of benzene rings is 1. The summed E-state index contributed by atoms with van der Waals surface area (Å²) in [5, 5.41) is 7.21. The molecule has 168 valence electrons. The van der Waals surface area contributed by atoms with E-state index < -0.39 is 0 Å². The summed E-state index contributed by atoms with van der Waals surface area (Å²) in [6.45, 7) is 4.89. The van der Waals surface area contributed by atoms with Gasteiger partial charge in [-0.15, -0.1) is 0 Å². The second-order valence-corrected chi connectivity index (χ2v) is 7.76. The normalized spacial score (nSPS) is 16.0. The lowest BCUT2D eigenvalue weighted by molar-refractivity contribution is 0.0521. The van der Waals surface area contributed by atoms with Gasteiger partial charge in [-0.05, 0) is 51.0 Å². The molecule has 1 N–H and O–H groups in total. The van der Waals surface area contributed by atoms with E-state index in [4.69, 9.17) is 14.2 Å². The number of ether oxygens (including phenoxy) is 3. The van der Waals surface area contributed by atoms with Gasteiger partial charge in [0.1, 0.15) is 29.1 Å². The van der Waals surface area contributed by atoms with Crippen LogP contribution in [0, 0.1) is 13.8 Å². The molecule has 3 aromatic rings. The second-order valence-electron chi connectivity index (χ2n) is 7.76. The van der Waals surface area contributed by atoms with Gasteiger partial charge >= 0.3 is 0 Å². The molecule has 0 aliphatic carbocycles. The van der Waals surface area contributed by atoms with Crippen molar-refractivity contribution in [2.45, 2.75) is 32.8 Å². The summed E-state index contributed by atoms with van der Waals surface area (Å²) in [6, 6.07) is 9.01. The number of likely N-dealkylation sites (tertiary alicyclic amines) is 1. The second kappa shape index (κ2) is 9.25. The van der Waals surface area contributed by atoms with Gasteiger partial charge in [-0.25, -0.2) is 4.98 Å². The number of nitrogens with zero attached hydrogens (tertiary/aromatic N) is 4. The van der Waals surface area contributed by atoms with Crippen LogP contribution >= 0.6 is 0 Å². The number of carbonyl (C=O) groups excluding carboxylic acids is 1. The minimum Gasteiger partial charge on any atom is -0.497 e. The topological polar surface area (TPSA) is 102 Å². The number of methoxy groups -OCH3 is 2. The highest BCUT2D eigenvalue weighted by molar-refractivity contribution is 5.93. The number of hydrogen-bond donors (Lipinski definition) is 1. The van der Waals surface area contributed by atoms with E-state index in [1.54, 1.807) is 25.2 Å². The summed E-state index contributed by atoms with van der Waals surface area (Å²) in [6.07, 6.45) is 1.59. The Bertz CT molecular complexity index is 1090. The Morgan fingerprint density at radius 1 is 1.12 bits per heavy atom. The molecule has 3 heterocycles. The fraction of sp³-hybridized carbons (Fsp3) is 0.391. The highest BCUT2D eigenvalue weighted by Crippen LogP contribution is 2.32. The molecule has 1 fully saturated rings. The van der Waals surface area contributed by atoms with Crippen molar-refractivity contribution < 1.29 is 19.0 Å². The SMILES string of the molecule is COc1ccc(OC)c(-c2cc(C(=O)N3CCCC(Oc4cc(C)nc(C)n4)C3)[nH]n2)c1. The van der Waals surface area contributed by atoms with E-state index in [0.717, 1.165) is 24.1 Å². The third-order valence-corrected chi connectivity index (χ3v) is 5.39. The lowest BCUT2D eigenvalue weighted by Gasteiger charge is -2.32. The Morgan fingerprint density at radius 3 is 2.72 bits per heavy atom. The summed E-state index contributed by atoms with van der Waals surface area (Å²) < 4.78 is 16.8. The summed E-state index contributed by atoms with van der Waals surface area (Å²) in [7, 11) is 3.20. The zero-order chi connectivity index (χ0) is 22.7. The van der Waals surface area contributed by atoms with E-state index in [-0.39, 0.29) is 12.0 Å². The molecule has 32 heavy (non-hydrogen) atoms. The van der Waals surface area contributed by atoms with Crippen LogP contribution in [0.15, 0.2) is 30.3 Å². The molecular formula is C23H27N5O4. The van der Waals surface area contributed by atoms with Crippen LogP contribution in [0.4, 0.5) is 0 Å². The maximum absolute atomic E-state index is 13.1. The van der Waals surface area contributed by atoms with Gasteiger partial charge in [-0.1, -0.05) is 0 Å². The zero-order valence-corrected chi connectivity index (χ0v) is 18.7. The third-order valence-electron chi connectivity index (χ3n) is 5.39. The first-order chi connectivity index (χ1) is 15.5. The smallest absolute Gasteiger partial charge is 0.272 e. The largest absolute Gasteiger partial charge is 0.497 e. The average Bonchev–Trinajstić information content (AvgIpc) is 3.27. The van der Waals surface area contributed by atoms with Crippen LogP contribution in [0.5, 0.6) is 17.4 Å². The first kappa shape index (κ1) is 21.6. The van der Waals surface area contributed by atoms with Crippen molar-refractivity contribution in [2.24, 2.45) is 0 Å². The quantitative estimate of drug-likeness (QED) is 0.632. The maximum Gasteiger partial charge on any atom is 0.272 e. The molecule has 0 spiro atoms. The Morgan fingerprint density at radius 2 is 1.97 bits per heavy atom. The van der Waals surface area contributed by atoms with Crippen molar-refractivity contribution >= 4 is 5.91 Å². The molecule has 9 nitrogen and oxygen atoms in total. The van der Waals surface area contributed by atoms with E-state index in [0.29, 0.717) is 47.7 Å². The molecule has 0 saturated carbocycles. The van der Waals surface area contributed by atoms with Crippen LogP contribution in [0.25, 0.3) is 11.3 Å². The molecule has 1 saturated heterocycles. The molecule has 1 aliphatic rings. The van der Waals surface area contributed by atoms with Crippen LogP contribution in [0.3, 0.4) is 0 Å². The number of aromatic amines is 1. The maximum atomic E-state index is 13.1. The van der Waals surface area contributed by atoms with E-state index in [1.807, 2.05) is 38.1 Å². The number of amides is 1. The number of hydrogen-bond acceptors (Lipinski definition) is 7. The molecule has 1 aromatic carbocycles. The molecule has 2 aromatic heterocycles. The standard InChI is InChI=1S/C23H27N5O4/c1-14-10-22(25-15(2)24-14)32-17-6-5-9-28(13-17)23(29)20-12-19(26-27-20)18-11-16(30-3)7-8-21(18)31-4/h7-8,10-12,17H,5-6,9,13H2,1-4H3,(H,26,27). The molecule has 0 bridgehead atoms. The summed E-state index contributed by atoms with van der Waals surface area (Å²) in [5.41, 5.74) is 2.63. The molecule has 1 amide bonds. The molecule has 1 atom stereocenters. The van der Waals surface area contributed by atoms with Crippen LogP contribution < -0.4 is 14.2 Å². The van der Waals surface area contributed by atoms with Crippen LogP contribution in [-0.4, -0.2) is 64.4 Å². The molecule has 1 unspecified atom stereocenters. The highest BCUT2D eigenvalue weighted by Gasteiger charge is 2.27. The van der Waals surface area contributed by atoms with Gasteiger partial charge in [0, 0.05) is 23.9 Å². The van der Waals surface area contributed by atoms with E-state index in [1.165, 1.54) is 0 Å². The molecule has 1 aliphatic heterocycles. The Kier molecular flexibility index (Phi) is 6.25. The van der Waals surface area contributed by atoms with Crippen molar-refractivity contribution in [3.05, 3.63) is 47.5 Å². The Hall–Kier alpha value is -3.62. The number of aromatic nitrogens is 4. The van der Waals surface area contributed by atoms with Gasteiger partial charge in [-0.2, -0.15) is 10.1 Å². The monoisotopic (exact) mass is 437 g/mol. The third kappa shape index (κ3) is 4.66.